The van der Waals surface area contributed by atoms with Crippen LogP contribution in [0.3, 0.4) is 0 Å². The Morgan fingerprint density at radius 2 is 2.33 bits per heavy atom. The highest BCUT2D eigenvalue weighted by Gasteiger charge is 2.22. The molecule has 2 atom stereocenters. The zero-order valence-corrected chi connectivity index (χ0v) is 14.9. The molecular weight excluding hydrogens is 342 g/mol. The van der Waals surface area contributed by atoms with Crippen molar-refractivity contribution >= 4 is 29.0 Å². The van der Waals surface area contributed by atoms with Gasteiger partial charge < -0.3 is 31.3 Å². The Morgan fingerprint density at radius 3 is 3.07 bits per heavy atom. The molecule has 2 aromatic rings. The van der Waals surface area contributed by atoms with E-state index in [0.717, 1.165) is 37.3 Å². The van der Waals surface area contributed by atoms with Crippen molar-refractivity contribution in [2.75, 3.05) is 18.8 Å². The van der Waals surface area contributed by atoms with E-state index in [1.54, 1.807) is 6.07 Å². The first-order valence-electron chi connectivity index (χ1n) is 9.00. The number of ether oxygens (including phenoxy) is 1. The van der Waals surface area contributed by atoms with E-state index >= 15 is 0 Å². The maximum absolute atomic E-state index is 7.54. The zero-order chi connectivity index (χ0) is 18.8. The van der Waals surface area contributed by atoms with Gasteiger partial charge in [0.05, 0.1) is 17.9 Å². The number of aromatic nitrogens is 2. The number of hydrogen-bond acceptors (Lipinski definition) is 7. The second-order valence-corrected chi connectivity index (χ2v) is 6.67. The molecule has 140 valence electrons. The molecule has 2 aromatic heterocycles. The molecule has 0 saturated carbocycles. The molecule has 8 heteroatoms. The fourth-order valence-electron chi connectivity index (χ4n) is 3.46. The molecule has 2 aliphatic heterocycles. The molecule has 2 aliphatic rings. The van der Waals surface area contributed by atoms with Gasteiger partial charge in [0.25, 0.3) is 0 Å². The molecule has 2 unspecified atom stereocenters. The molecule has 4 rings (SSSR count). The van der Waals surface area contributed by atoms with Crippen molar-refractivity contribution in [1.82, 2.24) is 14.7 Å². The van der Waals surface area contributed by atoms with Crippen molar-refractivity contribution in [1.29, 1.82) is 5.41 Å². The van der Waals surface area contributed by atoms with Crippen LogP contribution in [0.4, 0.5) is 5.69 Å². The molecule has 27 heavy (non-hydrogen) atoms. The predicted octanol–water partition coefficient (Wildman–Crippen LogP) is 1.64. The van der Waals surface area contributed by atoms with Crippen LogP contribution in [0, 0.1) is 5.41 Å². The van der Waals surface area contributed by atoms with Gasteiger partial charge in [-0.3, -0.25) is 0 Å². The van der Waals surface area contributed by atoms with E-state index in [1.807, 2.05) is 22.9 Å². The minimum Gasteiger partial charge on any atom is -0.473 e. The van der Waals surface area contributed by atoms with Gasteiger partial charge in [-0.25, -0.2) is 9.98 Å². The van der Waals surface area contributed by atoms with E-state index in [4.69, 9.17) is 26.6 Å². The van der Waals surface area contributed by atoms with Gasteiger partial charge >= 0.3 is 0 Å². The fraction of sp³-hybridized carbons (Fsp3) is 0.316. The van der Waals surface area contributed by atoms with E-state index < -0.39 is 0 Å². The molecule has 1 saturated heterocycles. The van der Waals surface area contributed by atoms with E-state index in [1.165, 1.54) is 12.4 Å². The molecule has 0 spiro atoms. The first-order chi connectivity index (χ1) is 13.2. The van der Waals surface area contributed by atoms with Gasteiger partial charge in [-0.05, 0) is 25.5 Å². The minimum atomic E-state index is -0.0869. The molecule has 0 aliphatic carbocycles. The lowest BCUT2D eigenvalue weighted by Crippen LogP contribution is -2.21. The van der Waals surface area contributed by atoms with Gasteiger partial charge in [-0.2, -0.15) is 0 Å². The number of anilines is 1. The van der Waals surface area contributed by atoms with E-state index in [2.05, 4.69) is 16.4 Å². The summed E-state index contributed by atoms with van der Waals surface area (Å²) in [5.41, 5.74) is 15.2. The number of rotatable bonds is 4. The van der Waals surface area contributed by atoms with Gasteiger partial charge in [0.15, 0.2) is 0 Å². The summed E-state index contributed by atoms with van der Waals surface area (Å²) >= 11 is 0. The van der Waals surface area contributed by atoms with Crippen LogP contribution in [-0.4, -0.2) is 40.7 Å². The average molecular weight is 365 g/mol. The van der Waals surface area contributed by atoms with Crippen molar-refractivity contribution < 1.29 is 4.74 Å². The summed E-state index contributed by atoms with van der Waals surface area (Å²) in [6, 6.07) is 1.70. The van der Waals surface area contributed by atoms with E-state index in [-0.39, 0.29) is 12.1 Å². The van der Waals surface area contributed by atoms with Crippen LogP contribution in [0.2, 0.25) is 0 Å². The normalized spacial score (nSPS) is 22.8. The summed E-state index contributed by atoms with van der Waals surface area (Å²) in [6.07, 6.45) is 12.2. The van der Waals surface area contributed by atoms with E-state index in [0.29, 0.717) is 22.7 Å². The molecule has 0 amide bonds. The number of nitrogens with two attached hydrogens (primary N) is 2. The molecule has 1 fully saturated rings. The SMILES string of the molecule is N=C/C(=C\N)c1cn2c(C3CC=CC(OC4CCNC4)=N3)cnc2cc1N. The van der Waals surface area contributed by atoms with Crippen molar-refractivity contribution in [3.63, 3.8) is 0 Å². The average Bonchev–Trinajstić information content (AvgIpc) is 3.32. The maximum atomic E-state index is 7.54. The maximum Gasteiger partial charge on any atom is 0.209 e. The number of fused-ring (bicyclic) bond motifs is 1. The summed E-state index contributed by atoms with van der Waals surface area (Å²) in [5, 5.41) is 10.8. The van der Waals surface area contributed by atoms with Gasteiger partial charge in [-0.1, -0.05) is 6.08 Å². The number of aliphatic imine (C=N–C) groups is 1. The zero-order valence-electron chi connectivity index (χ0n) is 14.9. The molecule has 8 nitrogen and oxygen atoms in total. The van der Waals surface area contributed by atoms with Crippen LogP contribution < -0.4 is 16.8 Å². The second kappa shape index (κ2) is 7.24. The Kier molecular flexibility index (Phi) is 4.64. The standard InChI is InChI=1S/C19H23N7O/c20-7-12(8-21)14-11-26-17(10-24-18(26)6-15(14)22)16-2-1-3-19(25-16)27-13-4-5-23-9-13/h1,3,6-8,10-11,13,16,20,23H,2,4-5,9,21-22H2/b12-8+,20-7?. The molecule has 6 N–H and O–H groups in total. The van der Waals surface area contributed by atoms with Crippen LogP contribution >= 0.6 is 0 Å². The Hall–Kier alpha value is -3.13. The van der Waals surface area contributed by atoms with Crippen LogP contribution in [0.15, 0.2) is 41.8 Å². The first kappa shape index (κ1) is 17.3. The molecule has 0 bridgehead atoms. The number of pyridine rings is 1. The Labute approximate surface area is 157 Å². The quantitative estimate of drug-likeness (QED) is 0.613. The van der Waals surface area contributed by atoms with Crippen LogP contribution in [-0.2, 0) is 4.74 Å². The summed E-state index contributed by atoms with van der Waals surface area (Å²) in [4.78, 5) is 9.24. The van der Waals surface area contributed by atoms with Gasteiger partial charge in [0, 0.05) is 48.0 Å². The second-order valence-electron chi connectivity index (χ2n) is 6.67. The number of nitrogens with zero attached hydrogens (tertiary/aromatic N) is 3. The highest BCUT2D eigenvalue weighted by molar-refractivity contribution is 6.10. The Balaban J connectivity index is 1.68. The number of hydrogen-bond donors (Lipinski definition) is 4. The van der Waals surface area contributed by atoms with Crippen molar-refractivity contribution in [3.05, 3.63) is 48.1 Å². The lowest BCUT2D eigenvalue weighted by molar-refractivity contribution is 0.208. The third-order valence-electron chi connectivity index (χ3n) is 4.90. The third-order valence-corrected chi connectivity index (χ3v) is 4.90. The molecule has 0 radical (unpaired) electrons. The Morgan fingerprint density at radius 1 is 1.44 bits per heavy atom. The Bertz CT molecular complexity index is 950. The highest BCUT2D eigenvalue weighted by Crippen LogP contribution is 2.29. The summed E-state index contributed by atoms with van der Waals surface area (Å²) in [5.74, 6) is 0.660. The summed E-state index contributed by atoms with van der Waals surface area (Å²) in [6.45, 7) is 1.83. The van der Waals surface area contributed by atoms with Gasteiger partial charge in [0.1, 0.15) is 11.8 Å². The lowest BCUT2D eigenvalue weighted by Gasteiger charge is -2.19. The molecule has 0 aromatic carbocycles. The lowest BCUT2D eigenvalue weighted by atomic mass is 10.1. The number of allylic oxidation sites excluding steroid dienone is 1. The first-order valence-corrected chi connectivity index (χ1v) is 9.00. The van der Waals surface area contributed by atoms with Gasteiger partial charge in [0.2, 0.25) is 5.90 Å². The van der Waals surface area contributed by atoms with Crippen molar-refractivity contribution in [2.24, 2.45) is 10.7 Å². The van der Waals surface area contributed by atoms with Crippen LogP contribution in [0.1, 0.15) is 30.1 Å². The van der Waals surface area contributed by atoms with E-state index in [9.17, 15) is 0 Å². The predicted molar refractivity (Wildman–Crippen MR) is 107 cm³/mol. The molecular formula is C19H23N7O. The third kappa shape index (κ3) is 3.31. The van der Waals surface area contributed by atoms with Crippen LogP contribution in [0.5, 0.6) is 0 Å². The van der Waals surface area contributed by atoms with Crippen LogP contribution in [0.25, 0.3) is 11.2 Å². The number of dihydropyridines is 1. The number of imidazole rings is 1. The summed E-state index contributed by atoms with van der Waals surface area (Å²) < 4.78 is 7.96. The monoisotopic (exact) mass is 365 g/mol. The van der Waals surface area contributed by atoms with Crippen molar-refractivity contribution in [2.45, 2.75) is 25.0 Å². The fourth-order valence-corrected chi connectivity index (χ4v) is 3.46. The number of nitrogens with one attached hydrogen (secondary N) is 2. The summed E-state index contributed by atoms with van der Waals surface area (Å²) in [7, 11) is 0. The molecule has 4 heterocycles. The smallest absolute Gasteiger partial charge is 0.209 e. The highest BCUT2D eigenvalue weighted by atomic mass is 16.5. The van der Waals surface area contributed by atoms with Gasteiger partial charge in [-0.15, -0.1) is 0 Å². The van der Waals surface area contributed by atoms with Crippen molar-refractivity contribution in [3.8, 4) is 0 Å². The topological polar surface area (TPSA) is 127 Å². The minimum absolute atomic E-state index is 0.0869. The number of nitrogen functional groups attached to an aromatic ring is 1. The largest absolute Gasteiger partial charge is 0.473 e.